The molecule has 1 aromatic rings. The van der Waals surface area contributed by atoms with E-state index in [1.807, 2.05) is 12.4 Å². The lowest BCUT2D eigenvalue weighted by Crippen LogP contribution is -2.45. The van der Waals surface area contributed by atoms with Gasteiger partial charge in [0.05, 0.1) is 0 Å². The average Bonchev–Trinajstić information content (AvgIpc) is 2.24. The van der Waals surface area contributed by atoms with Crippen molar-refractivity contribution in [1.82, 2.24) is 9.88 Å². The number of likely N-dealkylation sites (tertiary alicyclic amines) is 1. The monoisotopic (exact) mass is 319 g/mol. The second-order valence-corrected chi connectivity index (χ2v) is 5.59. The quantitative estimate of drug-likeness (QED) is 0.910. The van der Waals surface area contributed by atoms with Crippen LogP contribution in [0.3, 0.4) is 0 Å². The Morgan fingerprint density at radius 1 is 1.53 bits per heavy atom. The van der Waals surface area contributed by atoms with Gasteiger partial charge in [0.1, 0.15) is 0 Å². The van der Waals surface area contributed by atoms with Crippen molar-refractivity contribution in [2.75, 3.05) is 13.1 Å². The molecule has 0 bridgehead atoms. The summed E-state index contributed by atoms with van der Waals surface area (Å²) in [6.45, 7) is 5.39. The number of halogens is 2. The lowest BCUT2D eigenvalue weighted by Gasteiger charge is -2.35. The summed E-state index contributed by atoms with van der Waals surface area (Å²) in [5.74, 6) is 0.592. The van der Waals surface area contributed by atoms with Crippen molar-refractivity contribution in [3.63, 3.8) is 0 Å². The first-order chi connectivity index (χ1) is 7.65. The summed E-state index contributed by atoms with van der Waals surface area (Å²) >= 11 is 3.45. The molecule has 2 unspecified atom stereocenters. The Hall–Kier alpha value is -0.160. The summed E-state index contributed by atoms with van der Waals surface area (Å²) in [7, 11) is 0. The molecule has 1 aliphatic rings. The minimum Gasteiger partial charge on any atom is -0.327 e. The van der Waals surface area contributed by atoms with Crippen LogP contribution in [0.15, 0.2) is 22.9 Å². The van der Waals surface area contributed by atoms with Crippen LogP contribution >= 0.6 is 28.3 Å². The van der Waals surface area contributed by atoms with Gasteiger partial charge in [0.15, 0.2) is 0 Å². The van der Waals surface area contributed by atoms with E-state index in [0.717, 1.165) is 30.5 Å². The van der Waals surface area contributed by atoms with Crippen LogP contribution in [0.1, 0.15) is 18.9 Å². The molecule has 0 spiro atoms. The van der Waals surface area contributed by atoms with E-state index in [9.17, 15) is 0 Å². The molecule has 1 fully saturated rings. The number of rotatable bonds is 2. The fourth-order valence-corrected chi connectivity index (χ4v) is 2.61. The summed E-state index contributed by atoms with van der Waals surface area (Å²) in [6, 6.07) is 2.50. The van der Waals surface area contributed by atoms with Crippen molar-refractivity contribution in [3.8, 4) is 0 Å². The van der Waals surface area contributed by atoms with Gasteiger partial charge in [0, 0.05) is 36.0 Å². The molecule has 0 aromatic carbocycles. The fourth-order valence-electron chi connectivity index (χ4n) is 2.19. The summed E-state index contributed by atoms with van der Waals surface area (Å²) in [4.78, 5) is 6.64. The van der Waals surface area contributed by atoms with Crippen LogP contribution in [0.5, 0.6) is 0 Å². The zero-order chi connectivity index (χ0) is 11.5. The molecular weight excluding hydrogens is 302 g/mol. The molecular formula is C12H19BrClN3. The van der Waals surface area contributed by atoms with E-state index < -0.39 is 0 Å². The highest BCUT2D eigenvalue weighted by atomic mass is 79.9. The minimum atomic E-state index is 0. The fraction of sp³-hybridized carbons (Fsp3) is 0.583. The number of pyridine rings is 1. The second-order valence-electron chi connectivity index (χ2n) is 4.68. The van der Waals surface area contributed by atoms with Gasteiger partial charge in [-0.2, -0.15) is 0 Å². The predicted octanol–water partition coefficient (Wildman–Crippen LogP) is 2.44. The van der Waals surface area contributed by atoms with E-state index in [1.165, 1.54) is 5.56 Å². The molecule has 1 aliphatic heterocycles. The molecule has 2 N–H and O–H groups in total. The van der Waals surface area contributed by atoms with E-state index in [1.54, 1.807) is 0 Å². The molecule has 0 amide bonds. The molecule has 1 aromatic heterocycles. The number of nitrogens with zero attached hydrogens (tertiary/aromatic N) is 2. The van der Waals surface area contributed by atoms with Gasteiger partial charge in [-0.25, -0.2) is 0 Å². The van der Waals surface area contributed by atoms with Crippen molar-refractivity contribution in [2.45, 2.75) is 25.9 Å². The third-order valence-corrected chi connectivity index (χ3v) is 3.66. The summed E-state index contributed by atoms with van der Waals surface area (Å²) in [6.07, 6.45) is 4.85. The number of hydrogen-bond acceptors (Lipinski definition) is 3. The van der Waals surface area contributed by atoms with Crippen LogP contribution in [0.25, 0.3) is 0 Å². The van der Waals surface area contributed by atoms with Crippen LogP contribution < -0.4 is 5.73 Å². The first-order valence-corrected chi connectivity index (χ1v) is 6.52. The van der Waals surface area contributed by atoms with Crippen LogP contribution in [0, 0.1) is 5.92 Å². The summed E-state index contributed by atoms with van der Waals surface area (Å²) in [5, 5.41) is 0. The summed E-state index contributed by atoms with van der Waals surface area (Å²) in [5.41, 5.74) is 7.27. The topological polar surface area (TPSA) is 42.2 Å². The zero-order valence-electron chi connectivity index (χ0n) is 9.97. The van der Waals surface area contributed by atoms with Gasteiger partial charge in [-0.1, -0.05) is 6.92 Å². The first-order valence-electron chi connectivity index (χ1n) is 5.72. The highest BCUT2D eigenvalue weighted by Crippen LogP contribution is 2.18. The maximum Gasteiger partial charge on any atom is 0.0410 e. The number of nitrogens with two attached hydrogens (primary N) is 1. The van der Waals surface area contributed by atoms with Gasteiger partial charge < -0.3 is 5.73 Å². The van der Waals surface area contributed by atoms with Gasteiger partial charge in [-0.3, -0.25) is 9.88 Å². The van der Waals surface area contributed by atoms with E-state index >= 15 is 0 Å². The van der Waals surface area contributed by atoms with Crippen LogP contribution in [-0.4, -0.2) is 29.0 Å². The normalized spacial score (nSPS) is 25.4. The predicted molar refractivity (Wildman–Crippen MR) is 76.2 cm³/mol. The smallest absolute Gasteiger partial charge is 0.0410 e. The molecule has 1 saturated heterocycles. The Morgan fingerprint density at radius 3 is 2.94 bits per heavy atom. The SMILES string of the molecule is CC1CN(Cc2cncc(Br)c2)CCC1N.Cl. The van der Waals surface area contributed by atoms with E-state index in [0.29, 0.717) is 12.0 Å². The first kappa shape index (κ1) is 14.9. The Morgan fingerprint density at radius 2 is 2.29 bits per heavy atom. The average molecular weight is 321 g/mol. The van der Waals surface area contributed by atoms with Crippen LogP contribution in [-0.2, 0) is 6.54 Å². The highest BCUT2D eigenvalue weighted by Gasteiger charge is 2.22. The molecule has 0 aliphatic carbocycles. The molecule has 96 valence electrons. The minimum absolute atomic E-state index is 0. The Bertz CT molecular complexity index is 361. The van der Waals surface area contributed by atoms with Gasteiger partial charge in [-0.05, 0) is 46.4 Å². The zero-order valence-corrected chi connectivity index (χ0v) is 12.4. The van der Waals surface area contributed by atoms with Crippen LogP contribution in [0.2, 0.25) is 0 Å². The lowest BCUT2D eigenvalue weighted by atomic mass is 9.94. The standard InChI is InChI=1S/C12H18BrN3.ClH/c1-9-7-16(3-2-12(9)14)8-10-4-11(13)6-15-5-10;/h4-6,9,12H,2-3,7-8,14H2,1H3;1H. The molecule has 2 rings (SSSR count). The Kier molecular flexibility index (Phi) is 5.86. The maximum absolute atomic E-state index is 6.01. The molecule has 17 heavy (non-hydrogen) atoms. The third kappa shape index (κ3) is 4.21. The molecule has 0 saturated carbocycles. The summed E-state index contributed by atoms with van der Waals surface area (Å²) < 4.78 is 1.05. The Labute approximate surface area is 117 Å². The van der Waals surface area contributed by atoms with Gasteiger partial charge in [0.2, 0.25) is 0 Å². The van der Waals surface area contributed by atoms with Crippen molar-refractivity contribution in [2.24, 2.45) is 11.7 Å². The number of piperidine rings is 1. The van der Waals surface area contributed by atoms with Gasteiger partial charge >= 0.3 is 0 Å². The van der Waals surface area contributed by atoms with Crippen molar-refractivity contribution >= 4 is 28.3 Å². The van der Waals surface area contributed by atoms with Crippen molar-refractivity contribution in [3.05, 3.63) is 28.5 Å². The second kappa shape index (κ2) is 6.69. The number of hydrogen-bond donors (Lipinski definition) is 1. The van der Waals surface area contributed by atoms with E-state index in [2.05, 4.69) is 38.8 Å². The molecule has 0 radical (unpaired) electrons. The highest BCUT2D eigenvalue weighted by molar-refractivity contribution is 9.10. The molecule has 3 nitrogen and oxygen atoms in total. The van der Waals surface area contributed by atoms with Gasteiger partial charge in [0.25, 0.3) is 0 Å². The van der Waals surface area contributed by atoms with Crippen molar-refractivity contribution in [1.29, 1.82) is 0 Å². The van der Waals surface area contributed by atoms with Crippen LogP contribution in [0.4, 0.5) is 0 Å². The maximum atomic E-state index is 6.01. The molecule has 2 heterocycles. The van der Waals surface area contributed by atoms with E-state index in [-0.39, 0.29) is 12.4 Å². The van der Waals surface area contributed by atoms with Crippen molar-refractivity contribution < 1.29 is 0 Å². The number of aromatic nitrogens is 1. The van der Waals surface area contributed by atoms with Gasteiger partial charge in [-0.15, -0.1) is 12.4 Å². The lowest BCUT2D eigenvalue weighted by molar-refractivity contribution is 0.157. The molecule has 2 atom stereocenters. The largest absolute Gasteiger partial charge is 0.327 e. The Balaban J connectivity index is 0.00000144. The molecule has 5 heteroatoms. The third-order valence-electron chi connectivity index (χ3n) is 3.22. The van der Waals surface area contributed by atoms with E-state index in [4.69, 9.17) is 5.73 Å².